The highest BCUT2D eigenvalue weighted by Crippen LogP contribution is 2.23. The molecule has 1 aromatic rings. The Kier molecular flexibility index (Phi) is 6.70. The summed E-state index contributed by atoms with van der Waals surface area (Å²) in [6, 6.07) is 8.00. The van der Waals surface area contributed by atoms with Crippen LogP contribution in [0, 0.1) is 5.92 Å². The molecule has 2 saturated heterocycles. The molecular weight excluding hydrogens is 398 g/mol. The predicted molar refractivity (Wildman–Crippen MR) is 110 cm³/mol. The third-order valence-corrected chi connectivity index (χ3v) is 5.98. The Bertz CT molecular complexity index is 608. The summed E-state index contributed by atoms with van der Waals surface area (Å²) in [5.74, 6) is 0.537. The van der Waals surface area contributed by atoms with Gasteiger partial charge in [-0.25, -0.2) is 0 Å². The molecule has 0 atom stereocenters. The fourth-order valence-electron chi connectivity index (χ4n) is 3.65. The van der Waals surface area contributed by atoms with Crippen molar-refractivity contribution in [1.82, 2.24) is 9.80 Å². The Balaban J connectivity index is 1.49. The molecule has 2 aliphatic heterocycles. The fourth-order valence-corrected chi connectivity index (χ4v) is 4.35. The number of nitrogens with zero attached hydrogens (tertiary/aromatic N) is 2. The molecule has 0 saturated carbocycles. The highest BCUT2D eigenvalue weighted by atomic mass is 79.9. The zero-order valence-electron chi connectivity index (χ0n) is 14.5. The SMILES string of the molecule is O=C(C1CCN(C(=S)Nc2cccc(Br)c2)CC1)N1CCCCCC1. The lowest BCUT2D eigenvalue weighted by atomic mass is 9.95. The van der Waals surface area contributed by atoms with Crippen LogP contribution in [0.3, 0.4) is 0 Å². The Hall–Kier alpha value is -1.14. The third kappa shape index (κ3) is 5.17. The van der Waals surface area contributed by atoms with Crippen LogP contribution in [0.15, 0.2) is 28.7 Å². The first-order valence-electron chi connectivity index (χ1n) is 9.24. The monoisotopic (exact) mass is 423 g/mol. The van der Waals surface area contributed by atoms with Crippen molar-refractivity contribution in [3.8, 4) is 0 Å². The van der Waals surface area contributed by atoms with Crippen molar-refractivity contribution < 1.29 is 4.79 Å². The van der Waals surface area contributed by atoms with Crippen molar-refractivity contribution in [2.45, 2.75) is 38.5 Å². The zero-order valence-corrected chi connectivity index (χ0v) is 16.9. The lowest BCUT2D eigenvalue weighted by molar-refractivity contribution is -0.136. The molecule has 0 radical (unpaired) electrons. The number of anilines is 1. The maximum Gasteiger partial charge on any atom is 0.225 e. The number of benzene rings is 1. The van der Waals surface area contributed by atoms with Crippen LogP contribution in [0.25, 0.3) is 0 Å². The standard InChI is InChI=1S/C19H26BrN3OS/c20-16-6-5-7-17(14-16)21-19(25)23-12-8-15(9-13-23)18(24)22-10-3-1-2-4-11-22/h5-7,14-15H,1-4,8-13H2,(H,21,25). The third-order valence-electron chi connectivity index (χ3n) is 5.13. The van der Waals surface area contributed by atoms with Crippen LogP contribution in [-0.4, -0.2) is 47.0 Å². The second kappa shape index (κ2) is 8.99. The number of thiocarbonyl (C=S) groups is 1. The van der Waals surface area contributed by atoms with E-state index < -0.39 is 0 Å². The highest BCUT2D eigenvalue weighted by molar-refractivity contribution is 9.10. The van der Waals surface area contributed by atoms with Gasteiger partial charge in [0.05, 0.1) is 0 Å². The number of piperidine rings is 1. The van der Waals surface area contributed by atoms with Gasteiger partial charge in [0.2, 0.25) is 5.91 Å². The number of amides is 1. The van der Waals surface area contributed by atoms with Gasteiger partial charge in [0, 0.05) is 42.3 Å². The van der Waals surface area contributed by atoms with Crippen LogP contribution in [-0.2, 0) is 4.79 Å². The molecule has 1 N–H and O–H groups in total. The molecule has 0 spiro atoms. The zero-order chi connectivity index (χ0) is 17.6. The largest absolute Gasteiger partial charge is 0.349 e. The van der Waals surface area contributed by atoms with Crippen molar-refractivity contribution in [1.29, 1.82) is 0 Å². The van der Waals surface area contributed by atoms with E-state index in [1.54, 1.807) is 0 Å². The van der Waals surface area contributed by atoms with E-state index in [2.05, 4.69) is 31.0 Å². The molecule has 0 bridgehead atoms. The minimum atomic E-state index is 0.169. The average Bonchev–Trinajstić information content (AvgIpc) is 2.90. The number of hydrogen-bond acceptors (Lipinski definition) is 2. The van der Waals surface area contributed by atoms with Crippen molar-refractivity contribution in [2.24, 2.45) is 5.92 Å². The van der Waals surface area contributed by atoms with Gasteiger partial charge in [0.1, 0.15) is 0 Å². The number of hydrogen-bond donors (Lipinski definition) is 1. The summed E-state index contributed by atoms with van der Waals surface area (Å²) in [5, 5.41) is 4.05. The number of carbonyl (C=O) groups excluding carboxylic acids is 1. The number of likely N-dealkylation sites (tertiary alicyclic amines) is 2. The minimum Gasteiger partial charge on any atom is -0.349 e. The summed E-state index contributed by atoms with van der Waals surface area (Å²) in [4.78, 5) is 17.1. The van der Waals surface area contributed by atoms with Gasteiger partial charge in [-0.15, -0.1) is 0 Å². The minimum absolute atomic E-state index is 0.169. The van der Waals surface area contributed by atoms with Gasteiger partial charge < -0.3 is 15.1 Å². The molecule has 2 fully saturated rings. The molecule has 3 rings (SSSR count). The van der Waals surface area contributed by atoms with E-state index in [-0.39, 0.29) is 5.92 Å². The first-order chi connectivity index (χ1) is 12.1. The molecule has 6 heteroatoms. The van der Waals surface area contributed by atoms with E-state index in [1.165, 1.54) is 12.8 Å². The molecule has 2 aliphatic rings. The van der Waals surface area contributed by atoms with Crippen LogP contribution in [0.2, 0.25) is 0 Å². The topological polar surface area (TPSA) is 35.6 Å². The van der Waals surface area contributed by atoms with E-state index in [1.807, 2.05) is 24.3 Å². The van der Waals surface area contributed by atoms with Gasteiger partial charge in [-0.2, -0.15) is 0 Å². The number of rotatable bonds is 2. The Labute approximate surface area is 164 Å². The molecule has 2 heterocycles. The second-order valence-electron chi connectivity index (χ2n) is 6.94. The molecular formula is C19H26BrN3OS. The summed E-state index contributed by atoms with van der Waals surface area (Å²) >= 11 is 9.03. The smallest absolute Gasteiger partial charge is 0.225 e. The molecule has 1 amide bonds. The number of halogens is 1. The van der Waals surface area contributed by atoms with E-state index in [4.69, 9.17) is 12.2 Å². The Morgan fingerprint density at radius 3 is 2.36 bits per heavy atom. The van der Waals surface area contributed by atoms with Gasteiger partial charge >= 0.3 is 0 Å². The first kappa shape index (κ1) is 18.6. The molecule has 0 aromatic heterocycles. The Morgan fingerprint density at radius 1 is 1.04 bits per heavy atom. The molecule has 0 aliphatic carbocycles. The van der Waals surface area contributed by atoms with E-state index in [0.29, 0.717) is 5.91 Å². The summed E-state index contributed by atoms with van der Waals surface area (Å²) < 4.78 is 1.03. The lowest BCUT2D eigenvalue weighted by Gasteiger charge is -2.35. The van der Waals surface area contributed by atoms with Crippen LogP contribution in [0.5, 0.6) is 0 Å². The maximum absolute atomic E-state index is 12.8. The fraction of sp³-hybridized carbons (Fsp3) is 0.579. The normalized spacial score (nSPS) is 19.4. The molecule has 1 aromatic carbocycles. The average molecular weight is 424 g/mol. The van der Waals surface area contributed by atoms with E-state index in [9.17, 15) is 4.79 Å². The van der Waals surface area contributed by atoms with Crippen LogP contribution < -0.4 is 5.32 Å². The molecule has 0 unspecified atom stereocenters. The molecule has 136 valence electrons. The second-order valence-corrected chi connectivity index (χ2v) is 8.24. The lowest BCUT2D eigenvalue weighted by Crippen LogP contribution is -2.45. The molecule has 25 heavy (non-hydrogen) atoms. The van der Waals surface area contributed by atoms with E-state index in [0.717, 1.165) is 67.1 Å². The molecule has 4 nitrogen and oxygen atoms in total. The quantitative estimate of drug-likeness (QED) is 0.720. The Morgan fingerprint density at radius 2 is 1.72 bits per heavy atom. The highest BCUT2D eigenvalue weighted by Gasteiger charge is 2.29. The summed E-state index contributed by atoms with van der Waals surface area (Å²) in [6.45, 7) is 3.60. The van der Waals surface area contributed by atoms with Gasteiger partial charge in [0.25, 0.3) is 0 Å². The summed E-state index contributed by atoms with van der Waals surface area (Å²) in [7, 11) is 0. The van der Waals surface area contributed by atoms with Gasteiger partial charge in [-0.3, -0.25) is 4.79 Å². The predicted octanol–water partition coefficient (Wildman–Crippen LogP) is 4.26. The summed E-state index contributed by atoms with van der Waals surface area (Å²) in [5.41, 5.74) is 0.988. The number of nitrogens with one attached hydrogen (secondary N) is 1. The summed E-state index contributed by atoms with van der Waals surface area (Å²) in [6.07, 6.45) is 6.64. The van der Waals surface area contributed by atoms with E-state index >= 15 is 0 Å². The van der Waals surface area contributed by atoms with Crippen LogP contribution >= 0.6 is 28.1 Å². The van der Waals surface area contributed by atoms with Crippen molar-refractivity contribution in [3.05, 3.63) is 28.7 Å². The maximum atomic E-state index is 12.8. The van der Waals surface area contributed by atoms with Crippen LogP contribution in [0.1, 0.15) is 38.5 Å². The van der Waals surface area contributed by atoms with Gasteiger partial charge in [-0.05, 0) is 56.1 Å². The number of carbonyl (C=O) groups is 1. The van der Waals surface area contributed by atoms with Gasteiger partial charge in [-0.1, -0.05) is 34.8 Å². The van der Waals surface area contributed by atoms with Crippen molar-refractivity contribution >= 4 is 44.9 Å². The van der Waals surface area contributed by atoms with Gasteiger partial charge in [0.15, 0.2) is 5.11 Å². The van der Waals surface area contributed by atoms with Crippen molar-refractivity contribution in [2.75, 3.05) is 31.5 Å². The van der Waals surface area contributed by atoms with Crippen LogP contribution in [0.4, 0.5) is 5.69 Å². The van der Waals surface area contributed by atoms with Crippen molar-refractivity contribution in [3.63, 3.8) is 0 Å². The first-order valence-corrected chi connectivity index (χ1v) is 10.4.